The minimum Gasteiger partial charge on any atom is -0.459 e. The Labute approximate surface area is 173 Å². The van der Waals surface area contributed by atoms with E-state index in [9.17, 15) is 9.59 Å². The van der Waals surface area contributed by atoms with Crippen LogP contribution < -0.4 is 0 Å². The van der Waals surface area contributed by atoms with Gasteiger partial charge in [-0.05, 0) is 45.2 Å². The lowest BCUT2D eigenvalue weighted by atomic mass is 9.90. The Hall–Kier alpha value is -2.13. The van der Waals surface area contributed by atoms with Gasteiger partial charge in [-0.1, -0.05) is 61.4 Å². The third-order valence-electron chi connectivity index (χ3n) is 4.40. The van der Waals surface area contributed by atoms with Gasteiger partial charge in [-0.3, -0.25) is 9.59 Å². The van der Waals surface area contributed by atoms with Gasteiger partial charge in [0.05, 0.1) is 5.92 Å². The normalized spacial score (nSPS) is 12.4. The van der Waals surface area contributed by atoms with Crippen LogP contribution in [0.15, 0.2) is 54.6 Å². The molecule has 0 N–H and O–H groups in total. The van der Waals surface area contributed by atoms with E-state index >= 15 is 0 Å². The third-order valence-corrected chi connectivity index (χ3v) is 4.67. The molecule has 1 unspecified atom stereocenters. The Morgan fingerprint density at radius 1 is 0.929 bits per heavy atom. The second kappa shape index (κ2) is 10.4. The fourth-order valence-corrected chi connectivity index (χ4v) is 3.26. The van der Waals surface area contributed by atoms with E-state index in [4.69, 9.17) is 16.3 Å². The predicted octanol–water partition coefficient (Wildman–Crippen LogP) is 6.14. The molecule has 150 valence electrons. The van der Waals surface area contributed by atoms with Crippen LogP contribution in [-0.2, 0) is 9.53 Å². The van der Waals surface area contributed by atoms with Crippen LogP contribution in [0.5, 0.6) is 0 Å². The summed E-state index contributed by atoms with van der Waals surface area (Å²) in [7, 11) is 0. The summed E-state index contributed by atoms with van der Waals surface area (Å²) in [4.78, 5) is 25.6. The molecule has 3 nitrogen and oxygen atoms in total. The highest BCUT2D eigenvalue weighted by molar-refractivity contribution is 6.17. The number of carbonyl (C=O) groups is 2. The highest BCUT2D eigenvalue weighted by Gasteiger charge is 2.27. The molecule has 0 fully saturated rings. The van der Waals surface area contributed by atoms with E-state index in [-0.39, 0.29) is 11.8 Å². The molecule has 2 aromatic carbocycles. The molecule has 0 saturated carbocycles. The second-order valence-corrected chi connectivity index (χ2v) is 8.32. The van der Waals surface area contributed by atoms with Gasteiger partial charge in [0.2, 0.25) is 0 Å². The highest BCUT2D eigenvalue weighted by atomic mass is 35.5. The molecule has 0 aliphatic carbocycles. The molecule has 0 bridgehead atoms. The van der Waals surface area contributed by atoms with Crippen LogP contribution >= 0.6 is 11.6 Å². The smallest absolute Gasteiger partial charge is 0.313 e. The fourth-order valence-electron chi connectivity index (χ4n) is 3.07. The van der Waals surface area contributed by atoms with Gasteiger partial charge in [0.15, 0.2) is 5.78 Å². The molecule has 2 aromatic rings. The van der Waals surface area contributed by atoms with Crippen molar-refractivity contribution in [2.24, 2.45) is 0 Å². The van der Waals surface area contributed by atoms with Gasteiger partial charge < -0.3 is 4.74 Å². The van der Waals surface area contributed by atoms with Crippen LogP contribution in [0.25, 0.3) is 0 Å². The number of rotatable bonds is 9. The number of hydrogen-bond acceptors (Lipinski definition) is 3. The molecule has 0 radical (unpaired) electrons. The van der Waals surface area contributed by atoms with Crippen LogP contribution in [0.4, 0.5) is 0 Å². The van der Waals surface area contributed by atoms with E-state index in [0.717, 1.165) is 24.8 Å². The van der Waals surface area contributed by atoms with Crippen molar-refractivity contribution in [3.05, 3.63) is 71.3 Å². The van der Waals surface area contributed by atoms with Gasteiger partial charge in [0, 0.05) is 17.0 Å². The number of benzene rings is 2. The lowest BCUT2D eigenvalue weighted by Gasteiger charge is -2.24. The van der Waals surface area contributed by atoms with Crippen LogP contribution in [0.1, 0.15) is 73.9 Å². The molecule has 0 heterocycles. The zero-order chi connectivity index (χ0) is 20.6. The number of esters is 1. The van der Waals surface area contributed by atoms with Crippen molar-refractivity contribution in [1.29, 1.82) is 0 Å². The number of carbonyl (C=O) groups excluding carboxylic acids is 2. The number of unbranched alkanes of at least 4 members (excludes halogenated alkanes) is 2. The highest BCUT2D eigenvalue weighted by Crippen LogP contribution is 2.27. The quantitative estimate of drug-likeness (QED) is 0.219. The minimum absolute atomic E-state index is 0.0486. The Balaban J connectivity index is 2.26. The second-order valence-electron chi connectivity index (χ2n) is 7.94. The summed E-state index contributed by atoms with van der Waals surface area (Å²) in [5.74, 6) is -0.0636. The molecule has 4 heteroatoms. The standard InChI is InChI=1S/C24H29ClO3/c1-24(2,3)28-23(27)21(15-8-5-9-16-25)19-13-10-14-20(17-19)22(26)18-11-6-4-7-12-18/h4,6-7,10-14,17,21H,5,8-9,15-16H2,1-3H3. The molecule has 0 amide bonds. The Morgan fingerprint density at radius 3 is 2.25 bits per heavy atom. The van der Waals surface area contributed by atoms with E-state index in [1.54, 1.807) is 18.2 Å². The number of alkyl halides is 1. The lowest BCUT2D eigenvalue weighted by molar-refractivity contribution is -0.157. The van der Waals surface area contributed by atoms with Gasteiger partial charge in [0.25, 0.3) is 0 Å². The summed E-state index contributed by atoms with van der Waals surface area (Å²) in [6, 6.07) is 16.5. The molecule has 0 aliphatic rings. The molecular formula is C24H29ClO3. The monoisotopic (exact) mass is 400 g/mol. The summed E-state index contributed by atoms with van der Waals surface area (Å²) in [5.41, 5.74) is 1.48. The summed E-state index contributed by atoms with van der Waals surface area (Å²) >= 11 is 5.77. The largest absolute Gasteiger partial charge is 0.459 e. The Morgan fingerprint density at radius 2 is 1.61 bits per heavy atom. The molecular weight excluding hydrogens is 372 g/mol. The Bertz CT molecular complexity index is 778. The van der Waals surface area contributed by atoms with E-state index in [0.29, 0.717) is 23.4 Å². The average Bonchev–Trinajstić information content (AvgIpc) is 2.67. The average molecular weight is 401 g/mol. The molecule has 0 spiro atoms. The van der Waals surface area contributed by atoms with E-state index in [2.05, 4.69) is 0 Å². The zero-order valence-corrected chi connectivity index (χ0v) is 17.7. The van der Waals surface area contributed by atoms with Crippen LogP contribution in [0.3, 0.4) is 0 Å². The maximum Gasteiger partial charge on any atom is 0.313 e. The van der Waals surface area contributed by atoms with Crippen LogP contribution in [0.2, 0.25) is 0 Å². The van der Waals surface area contributed by atoms with Crippen LogP contribution in [0, 0.1) is 0 Å². The van der Waals surface area contributed by atoms with E-state index < -0.39 is 11.5 Å². The first-order valence-electron chi connectivity index (χ1n) is 9.80. The van der Waals surface area contributed by atoms with Gasteiger partial charge in [-0.2, -0.15) is 0 Å². The molecule has 2 rings (SSSR count). The van der Waals surface area contributed by atoms with Gasteiger partial charge in [-0.15, -0.1) is 11.6 Å². The summed E-state index contributed by atoms with van der Waals surface area (Å²) in [6.07, 6.45) is 3.45. The van der Waals surface area contributed by atoms with Gasteiger partial charge in [-0.25, -0.2) is 0 Å². The van der Waals surface area contributed by atoms with Crippen molar-refractivity contribution >= 4 is 23.4 Å². The number of ether oxygens (including phenoxy) is 1. The SMILES string of the molecule is CC(C)(C)OC(=O)C(CCCCCCl)c1cccc(C(=O)c2ccccc2)c1. The summed E-state index contributed by atoms with van der Waals surface area (Å²) in [5, 5.41) is 0. The first kappa shape index (κ1) is 22.2. The van der Waals surface area contributed by atoms with E-state index in [1.165, 1.54) is 0 Å². The molecule has 1 atom stereocenters. The van der Waals surface area contributed by atoms with Crippen molar-refractivity contribution in [2.45, 2.75) is 58.0 Å². The number of hydrogen-bond donors (Lipinski definition) is 0. The molecule has 0 aromatic heterocycles. The molecule has 0 aliphatic heterocycles. The van der Waals surface area contributed by atoms with Gasteiger partial charge in [0.1, 0.15) is 5.60 Å². The van der Waals surface area contributed by atoms with Crippen LogP contribution in [-0.4, -0.2) is 23.2 Å². The molecule has 0 saturated heterocycles. The van der Waals surface area contributed by atoms with Crippen molar-refractivity contribution in [3.63, 3.8) is 0 Å². The topological polar surface area (TPSA) is 43.4 Å². The van der Waals surface area contributed by atoms with Crippen molar-refractivity contribution in [2.75, 3.05) is 5.88 Å². The molecule has 28 heavy (non-hydrogen) atoms. The Kier molecular flexibility index (Phi) is 8.25. The first-order valence-corrected chi connectivity index (χ1v) is 10.3. The summed E-state index contributed by atoms with van der Waals surface area (Å²) in [6.45, 7) is 5.60. The lowest BCUT2D eigenvalue weighted by Crippen LogP contribution is -2.28. The first-order chi connectivity index (χ1) is 13.3. The number of ketones is 1. The maximum absolute atomic E-state index is 12.8. The number of halogens is 1. The van der Waals surface area contributed by atoms with Crippen molar-refractivity contribution in [1.82, 2.24) is 0 Å². The van der Waals surface area contributed by atoms with E-state index in [1.807, 2.05) is 57.2 Å². The predicted molar refractivity (Wildman–Crippen MR) is 114 cm³/mol. The fraction of sp³-hybridized carbons (Fsp3) is 0.417. The third kappa shape index (κ3) is 6.79. The minimum atomic E-state index is -0.553. The van der Waals surface area contributed by atoms with Gasteiger partial charge >= 0.3 is 5.97 Å². The van der Waals surface area contributed by atoms with Crippen molar-refractivity contribution in [3.8, 4) is 0 Å². The summed E-state index contributed by atoms with van der Waals surface area (Å²) < 4.78 is 5.65. The van der Waals surface area contributed by atoms with Crippen molar-refractivity contribution < 1.29 is 14.3 Å². The maximum atomic E-state index is 12.8. The zero-order valence-electron chi connectivity index (χ0n) is 16.9.